The van der Waals surface area contributed by atoms with Crippen LogP contribution in [0, 0.1) is 0 Å². The number of alkyl halides is 6. The van der Waals surface area contributed by atoms with Crippen molar-refractivity contribution in [3.05, 3.63) is 65.0 Å². The quantitative estimate of drug-likeness (QED) is 0.434. The molecule has 3 aromatic rings. The summed E-state index contributed by atoms with van der Waals surface area (Å²) in [5, 5.41) is 3.58. The molecule has 0 amide bonds. The zero-order valence-corrected chi connectivity index (χ0v) is 13.6. The van der Waals surface area contributed by atoms with Gasteiger partial charge in [-0.15, -0.1) is 0 Å². The smallest absolute Gasteiger partial charge is 0.416 e. The van der Waals surface area contributed by atoms with Crippen molar-refractivity contribution in [1.82, 2.24) is 5.16 Å². The van der Waals surface area contributed by atoms with Crippen LogP contribution < -0.4 is 0 Å². The van der Waals surface area contributed by atoms with Gasteiger partial charge in [-0.3, -0.25) is 0 Å². The molecule has 0 unspecified atom stereocenters. The molecule has 0 atom stereocenters. The lowest BCUT2D eigenvalue weighted by Crippen LogP contribution is -2.14. The molecule has 0 aliphatic heterocycles. The van der Waals surface area contributed by atoms with E-state index in [-0.39, 0.29) is 29.7 Å². The van der Waals surface area contributed by atoms with Crippen LogP contribution in [0.3, 0.4) is 0 Å². The zero-order valence-electron chi connectivity index (χ0n) is 13.6. The number of hydrogen-bond donors (Lipinski definition) is 0. The Kier molecular flexibility index (Phi) is 4.92. The number of nitrogens with zero attached hydrogens (tertiary/aromatic N) is 1. The van der Waals surface area contributed by atoms with Crippen molar-refractivity contribution in [1.29, 1.82) is 0 Å². The summed E-state index contributed by atoms with van der Waals surface area (Å²) in [6.07, 6.45) is -8.76. The van der Waals surface area contributed by atoms with E-state index in [1.807, 2.05) is 0 Å². The highest BCUT2D eigenvalue weighted by molar-refractivity contribution is 5.90. The maximum atomic E-state index is 12.8. The fourth-order valence-corrected chi connectivity index (χ4v) is 2.21. The molecule has 2 heterocycles. The topological polar surface area (TPSA) is 65.5 Å². The van der Waals surface area contributed by atoms with Gasteiger partial charge in [-0.25, -0.2) is 4.79 Å². The summed E-state index contributed by atoms with van der Waals surface area (Å²) in [6.45, 7) is -0.527. The summed E-state index contributed by atoms with van der Waals surface area (Å²) in [5.41, 5.74) is -4.04. The molecule has 2 aromatic heterocycles. The van der Waals surface area contributed by atoms with Crippen LogP contribution in [-0.2, 0) is 23.7 Å². The Morgan fingerprint density at radius 1 is 0.964 bits per heavy atom. The Hall–Kier alpha value is -3.24. The van der Waals surface area contributed by atoms with Crippen LogP contribution in [0.5, 0.6) is 0 Å². The van der Waals surface area contributed by atoms with Gasteiger partial charge in [-0.05, 0) is 30.3 Å². The molecule has 11 heteroatoms. The van der Waals surface area contributed by atoms with Crippen LogP contribution in [-0.4, -0.2) is 11.1 Å². The molecule has 0 bridgehead atoms. The van der Waals surface area contributed by atoms with Gasteiger partial charge in [-0.1, -0.05) is 5.16 Å². The maximum absolute atomic E-state index is 12.8. The van der Waals surface area contributed by atoms with Gasteiger partial charge in [-0.2, -0.15) is 26.3 Å². The molecule has 0 aliphatic carbocycles. The monoisotopic (exact) mass is 405 g/mol. The molecule has 0 N–H and O–H groups in total. The van der Waals surface area contributed by atoms with Gasteiger partial charge < -0.3 is 13.7 Å². The van der Waals surface area contributed by atoms with Crippen molar-refractivity contribution < 1.29 is 44.8 Å². The number of furan rings is 1. The number of halogens is 6. The first kappa shape index (κ1) is 19.5. The molecule has 1 aromatic carbocycles. The Bertz CT molecular complexity index is 940. The van der Waals surface area contributed by atoms with E-state index in [2.05, 4.69) is 5.16 Å². The van der Waals surface area contributed by atoms with E-state index >= 15 is 0 Å². The van der Waals surface area contributed by atoms with Crippen LogP contribution in [0.25, 0.3) is 11.5 Å². The van der Waals surface area contributed by atoms with Crippen molar-refractivity contribution in [3.8, 4) is 11.5 Å². The average Bonchev–Trinajstić information content (AvgIpc) is 3.29. The minimum Gasteiger partial charge on any atom is -0.461 e. The number of aromatic nitrogens is 1. The molecule has 28 heavy (non-hydrogen) atoms. The molecule has 3 rings (SSSR count). The highest BCUT2D eigenvalue weighted by Crippen LogP contribution is 2.36. The van der Waals surface area contributed by atoms with E-state index in [0.717, 1.165) is 0 Å². The maximum Gasteiger partial charge on any atom is 0.416 e. The van der Waals surface area contributed by atoms with Gasteiger partial charge in [0.05, 0.1) is 23.0 Å². The predicted molar refractivity (Wildman–Crippen MR) is 79.8 cm³/mol. The lowest BCUT2D eigenvalue weighted by atomic mass is 10.0. The number of esters is 1. The second-order valence-corrected chi connectivity index (χ2v) is 5.53. The minimum atomic E-state index is -5.07. The first-order valence-corrected chi connectivity index (χ1v) is 7.50. The summed E-state index contributed by atoms with van der Waals surface area (Å²) in [6, 6.07) is 4.99. The van der Waals surface area contributed by atoms with Gasteiger partial charge in [0.2, 0.25) is 5.76 Å². The van der Waals surface area contributed by atoms with Crippen molar-refractivity contribution in [3.63, 3.8) is 0 Å². The second kappa shape index (κ2) is 7.06. The summed E-state index contributed by atoms with van der Waals surface area (Å²) < 4.78 is 91.8. The van der Waals surface area contributed by atoms with Gasteiger partial charge in [0.1, 0.15) is 12.3 Å². The van der Waals surface area contributed by atoms with Crippen molar-refractivity contribution in [2.45, 2.75) is 19.0 Å². The summed E-state index contributed by atoms with van der Waals surface area (Å²) in [5.74, 6) is -0.841. The molecular formula is C17H9F6NO4. The Morgan fingerprint density at radius 3 is 2.14 bits per heavy atom. The van der Waals surface area contributed by atoms with Crippen LogP contribution in [0.15, 0.2) is 51.6 Å². The number of carbonyl (C=O) groups excluding carboxylic acids is 1. The average molecular weight is 405 g/mol. The third kappa shape index (κ3) is 4.35. The standard InChI is InChI=1S/C17H9F6NO4/c18-16(19,20)10-4-9(5-11(6-10)17(21,22)23)15(25)27-8-12-7-14(28-24-12)13-2-1-3-26-13/h1-7H,8H2. The van der Waals surface area contributed by atoms with Crippen molar-refractivity contribution in [2.24, 2.45) is 0 Å². The molecule has 0 aliphatic rings. The minimum absolute atomic E-state index is 0.0793. The summed E-state index contributed by atoms with van der Waals surface area (Å²) in [4.78, 5) is 12.0. The van der Waals surface area contributed by atoms with Crippen LogP contribution in [0.2, 0.25) is 0 Å². The fourth-order valence-electron chi connectivity index (χ4n) is 2.21. The van der Waals surface area contributed by atoms with Crippen molar-refractivity contribution in [2.75, 3.05) is 0 Å². The molecule has 0 spiro atoms. The van der Waals surface area contributed by atoms with Crippen molar-refractivity contribution >= 4 is 5.97 Å². The lowest BCUT2D eigenvalue weighted by molar-refractivity contribution is -0.143. The highest BCUT2D eigenvalue weighted by Gasteiger charge is 2.37. The van der Waals surface area contributed by atoms with Gasteiger partial charge in [0, 0.05) is 6.07 Å². The molecule has 0 fully saturated rings. The van der Waals surface area contributed by atoms with E-state index in [4.69, 9.17) is 13.7 Å². The summed E-state index contributed by atoms with van der Waals surface area (Å²) in [7, 11) is 0. The summed E-state index contributed by atoms with van der Waals surface area (Å²) >= 11 is 0. The molecular weight excluding hydrogens is 396 g/mol. The Morgan fingerprint density at radius 2 is 1.61 bits per heavy atom. The molecule has 0 saturated heterocycles. The number of hydrogen-bond acceptors (Lipinski definition) is 5. The van der Waals surface area contributed by atoms with Gasteiger partial charge in [0.25, 0.3) is 0 Å². The first-order valence-electron chi connectivity index (χ1n) is 7.50. The largest absolute Gasteiger partial charge is 0.461 e. The van der Waals surface area contributed by atoms with Crippen LogP contribution in [0.1, 0.15) is 27.2 Å². The van der Waals surface area contributed by atoms with E-state index < -0.39 is 41.6 Å². The molecule has 5 nitrogen and oxygen atoms in total. The van der Waals surface area contributed by atoms with Gasteiger partial charge in [0.15, 0.2) is 5.76 Å². The third-order valence-corrected chi connectivity index (χ3v) is 3.50. The highest BCUT2D eigenvalue weighted by atomic mass is 19.4. The number of rotatable bonds is 4. The first-order chi connectivity index (χ1) is 13.0. The lowest BCUT2D eigenvalue weighted by Gasteiger charge is -2.13. The molecule has 0 saturated carbocycles. The van der Waals surface area contributed by atoms with Crippen LogP contribution >= 0.6 is 0 Å². The SMILES string of the molecule is O=C(OCc1cc(-c2ccco2)on1)c1cc(C(F)(F)F)cc(C(F)(F)F)c1. The second-order valence-electron chi connectivity index (χ2n) is 5.53. The normalized spacial score (nSPS) is 12.2. The third-order valence-electron chi connectivity index (χ3n) is 3.50. The zero-order chi connectivity index (χ0) is 20.5. The number of carbonyl (C=O) groups is 1. The predicted octanol–water partition coefficient (Wildman–Crippen LogP) is 5.33. The number of benzene rings is 1. The van der Waals surface area contributed by atoms with Gasteiger partial charge >= 0.3 is 18.3 Å². The fraction of sp³-hybridized carbons (Fsp3) is 0.176. The van der Waals surface area contributed by atoms with Crippen LogP contribution in [0.4, 0.5) is 26.3 Å². The molecule has 148 valence electrons. The van der Waals surface area contributed by atoms with E-state index in [9.17, 15) is 31.1 Å². The molecule has 0 radical (unpaired) electrons. The number of ether oxygens (including phenoxy) is 1. The van der Waals surface area contributed by atoms with E-state index in [0.29, 0.717) is 5.76 Å². The Labute approximate surface area is 152 Å². The Balaban J connectivity index is 1.78. The van der Waals surface area contributed by atoms with E-state index in [1.54, 1.807) is 12.1 Å². The van der Waals surface area contributed by atoms with E-state index in [1.165, 1.54) is 12.3 Å².